The summed E-state index contributed by atoms with van der Waals surface area (Å²) in [5.74, 6) is 0.297. The molecule has 1 aliphatic rings. The van der Waals surface area contributed by atoms with Crippen molar-refractivity contribution in [1.82, 2.24) is 4.90 Å². The minimum atomic E-state index is 0.297. The second-order valence-electron chi connectivity index (χ2n) is 3.81. The molecule has 13 heavy (non-hydrogen) atoms. The van der Waals surface area contributed by atoms with Crippen LogP contribution in [0.25, 0.3) is 0 Å². The Balaban J connectivity index is 2.27. The molecule has 0 aromatic carbocycles. The Morgan fingerprint density at radius 3 is 2.62 bits per heavy atom. The summed E-state index contributed by atoms with van der Waals surface area (Å²) in [5, 5.41) is 0. The Morgan fingerprint density at radius 2 is 2.15 bits per heavy atom. The highest BCUT2D eigenvalue weighted by molar-refractivity contribution is 5.53. The molecule has 76 valence electrons. The van der Waals surface area contributed by atoms with Crippen molar-refractivity contribution in [1.29, 1.82) is 0 Å². The van der Waals surface area contributed by atoms with E-state index in [-0.39, 0.29) is 0 Å². The first-order valence-electron chi connectivity index (χ1n) is 4.96. The maximum absolute atomic E-state index is 10.5. The van der Waals surface area contributed by atoms with E-state index in [1.54, 1.807) is 7.11 Å². The molecule has 1 rings (SSSR count). The van der Waals surface area contributed by atoms with Gasteiger partial charge in [0.2, 0.25) is 0 Å². The molecule has 1 fully saturated rings. The van der Waals surface area contributed by atoms with Crippen molar-refractivity contribution in [2.75, 3.05) is 26.8 Å². The number of hydrogen-bond acceptors (Lipinski definition) is 3. The van der Waals surface area contributed by atoms with E-state index in [0.29, 0.717) is 12.0 Å². The lowest BCUT2D eigenvalue weighted by molar-refractivity contribution is -0.112. The molecule has 0 amide bonds. The molecule has 0 aromatic heterocycles. The van der Waals surface area contributed by atoms with Crippen LogP contribution < -0.4 is 0 Å². The van der Waals surface area contributed by atoms with Crippen LogP contribution in [0.3, 0.4) is 0 Å². The zero-order chi connectivity index (χ0) is 9.68. The lowest BCUT2D eigenvalue weighted by atomic mass is 9.98. The topological polar surface area (TPSA) is 29.5 Å². The smallest absolute Gasteiger partial charge is 0.123 e. The van der Waals surface area contributed by atoms with Crippen LogP contribution in [0, 0.1) is 5.92 Å². The standard InChI is InChI=1S/C10H19NO2/c1-9(8-13-2)11-5-3-10(7-12)4-6-11/h7,9-10H,3-6,8H2,1-2H3. The zero-order valence-corrected chi connectivity index (χ0v) is 8.53. The summed E-state index contributed by atoms with van der Waals surface area (Å²) >= 11 is 0. The normalized spacial score (nSPS) is 22.9. The molecule has 0 aromatic rings. The van der Waals surface area contributed by atoms with E-state index in [9.17, 15) is 4.79 Å². The van der Waals surface area contributed by atoms with E-state index in [0.717, 1.165) is 38.8 Å². The van der Waals surface area contributed by atoms with Gasteiger partial charge in [-0.15, -0.1) is 0 Å². The number of carbonyl (C=O) groups is 1. The SMILES string of the molecule is COCC(C)N1CCC(C=O)CC1. The van der Waals surface area contributed by atoms with Crippen molar-refractivity contribution in [3.05, 3.63) is 0 Å². The number of carbonyl (C=O) groups excluding carboxylic acids is 1. The van der Waals surface area contributed by atoms with Gasteiger partial charge < -0.3 is 9.53 Å². The second kappa shape index (κ2) is 5.35. The summed E-state index contributed by atoms with van der Waals surface area (Å²) in [6.07, 6.45) is 3.12. The highest BCUT2D eigenvalue weighted by Gasteiger charge is 2.21. The van der Waals surface area contributed by atoms with Gasteiger partial charge in [-0.3, -0.25) is 4.90 Å². The predicted molar refractivity (Wildman–Crippen MR) is 51.7 cm³/mol. The number of ether oxygens (including phenoxy) is 1. The molecule has 0 spiro atoms. The van der Waals surface area contributed by atoms with Crippen LogP contribution in [0.1, 0.15) is 19.8 Å². The van der Waals surface area contributed by atoms with Gasteiger partial charge in [-0.2, -0.15) is 0 Å². The largest absolute Gasteiger partial charge is 0.383 e. The number of hydrogen-bond donors (Lipinski definition) is 0. The molecular weight excluding hydrogens is 166 g/mol. The van der Waals surface area contributed by atoms with Crippen LogP contribution in [0.2, 0.25) is 0 Å². The van der Waals surface area contributed by atoms with E-state index in [2.05, 4.69) is 11.8 Å². The van der Waals surface area contributed by atoms with Crippen molar-refractivity contribution in [2.24, 2.45) is 5.92 Å². The first-order chi connectivity index (χ1) is 6.27. The predicted octanol–water partition coefficient (Wildman–Crippen LogP) is 0.932. The van der Waals surface area contributed by atoms with Gasteiger partial charge in [0.05, 0.1) is 6.61 Å². The molecule has 1 atom stereocenters. The minimum Gasteiger partial charge on any atom is -0.383 e. The van der Waals surface area contributed by atoms with Gasteiger partial charge >= 0.3 is 0 Å². The van der Waals surface area contributed by atoms with E-state index in [4.69, 9.17) is 4.74 Å². The van der Waals surface area contributed by atoms with Crippen LogP contribution in [0.5, 0.6) is 0 Å². The van der Waals surface area contributed by atoms with Crippen molar-refractivity contribution in [3.8, 4) is 0 Å². The van der Waals surface area contributed by atoms with E-state index in [1.165, 1.54) is 0 Å². The van der Waals surface area contributed by atoms with Gasteiger partial charge in [0.15, 0.2) is 0 Å². The molecule has 0 N–H and O–H groups in total. The highest BCUT2D eigenvalue weighted by Crippen LogP contribution is 2.16. The molecule has 3 heteroatoms. The first kappa shape index (κ1) is 10.7. The molecule has 0 bridgehead atoms. The minimum absolute atomic E-state index is 0.297. The van der Waals surface area contributed by atoms with Crippen molar-refractivity contribution < 1.29 is 9.53 Å². The Morgan fingerprint density at radius 1 is 1.54 bits per heavy atom. The summed E-state index contributed by atoms with van der Waals surface area (Å²) in [7, 11) is 1.73. The second-order valence-corrected chi connectivity index (χ2v) is 3.81. The van der Waals surface area contributed by atoms with Crippen LogP contribution in [-0.4, -0.2) is 44.0 Å². The van der Waals surface area contributed by atoms with Crippen molar-refractivity contribution in [2.45, 2.75) is 25.8 Å². The van der Waals surface area contributed by atoms with E-state index in [1.807, 2.05) is 0 Å². The molecule has 3 nitrogen and oxygen atoms in total. The van der Waals surface area contributed by atoms with Crippen molar-refractivity contribution >= 4 is 6.29 Å². The third-order valence-electron chi connectivity index (χ3n) is 2.80. The van der Waals surface area contributed by atoms with Crippen LogP contribution in [0.4, 0.5) is 0 Å². The summed E-state index contributed by atoms with van der Waals surface area (Å²) < 4.78 is 5.10. The summed E-state index contributed by atoms with van der Waals surface area (Å²) in [4.78, 5) is 12.9. The fraction of sp³-hybridized carbons (Fsp3) is 0.900. The van der Waals surface area contributed by atoms with E-state index < -0.39 is 0 Å². The van der Waals surface area contributed by atoms with Gasteiger partial charge in [0.25, 0.3) is 0 Å². The number of aldehydes is 1. The highest BCUT2D eigenvalue weighted by atomic mass is 16.5. The van der Waals surface area contributed by atoms with E-state index >= 15 is 0 Å². The van der Waals surface area contributed by atoms with Gasteiger partial charge in [-0.25, -0.2) is 0 Å². The number of piperidine rings is 1. The molecular formula is C10H19NO2. The van der Waals surface area contributed by atoms with Crippen molar-refractivity contribution in [3.63, 3.8) is 0 Å². The molecule has 0 aliphatic carbocycles. The average molecular weight is 185 g/mol. The maximum Gasteiger partial charge on any atom is 0.123 e. The third kappa shape index (κ3) is 3.08. The first-order valence-corrected chi connectivity index (χ1v) is 4.96. The molecule has 1 aliphatic heterocycles. The maximum atomic E-state index is 10.5. The van der Waals surface area contributed by atoms with Gasteiger partial charge in [-0.05, 0) is 32.9 Å². The van der Waals surface area contributed by atoms with Crippen LogP contribution in [-0.2, 0) is 9.53 Å². The summed E-state index contributed by atoms with van der Waals surface area (Å²) in [6.45, 7) is 5.03. The zero-order valence-electron chi connectivity index (χ0n) is 8.53. The Bertz CT molecular complexity index is 153. The fourth-order valence-electron chi connectivity index (χ4n) is 1.84. The monoisotopic (exact) mass is 185 g/mol. The Hall–Kier alpha value is -0.410. The summed E-state index contributed by atoms with van der Waals surface area (Å²) in [5.41, 5.74) is 0. The van der Waals surface area contributed by atoms with Crippen LogP contribution in [0.15, 0.2) is 0 Å². The van der Waals surface area contributed by atoms with Gasteiger partial charge in [0, 0.05) is 19.1 Å². The Labute approximate surface area is 80.1 Å². The average Bonchev–Trinajstić information content (AvgIpc) is 2.18. The lowest BCUT2D eigenvalue weighted by Crippen LogP contribution is -2.42. The molecule has 0 radical (unpaired) electrons. The Kier molecular flexibility index (Phi) is 4.39. The molecule has 1 saturated heterocycles. The number of likely N-dealkylation sites (tertiary alicyclic amines) is 1. The molecule has 0 saturated carbocycles. The molecule has 1 unspecified atom stereocenters. The lowest BCUT2D eigenvalue weighted by Gasteiger charge is -2.33. The molecule has 1 heterocycles. The number of nitrogens with zero attached hydrogens (tertiary/aromatic N) is 1. The third-order valence-corrected chi connectivity index (χ3v) is 2.80. The number of rotatable bonds is 4. The summed E-state index contributed by atoms with van der Waals surface area (Å²) in [6, 6.07) is 0.484. The van der Waals surface area contributed by atoms with Crippen LogP contribution >= 0.6 is 0 Å². The fourth-order valence-corrected chi connectivity index (χ4v) is 1.84. The quantitative estimate of drug-likeness (QED) is 0.610. The van der Waals surface area contributed by atoms with Gasteiger partial charge in [0.1, 0.15) is 6.29 Å². The number of methoxy groups -OCH3 is 1. The van der Waals surface area contributed by atoms with Gasteiger partial charge in [-0.1, -0.05) is 0 Å².